The molecule has 0 spiro atoms. The number of hydrogen-bond donors (Lipinski definition) is 3. The van der Waals surface area contributed by atoms with Crippen LogP contribution in [0.2, 0.25) is 0 Å². The van der Waals surface area contributed by atoms with E-state index in [0.717, 1.165) is 10.6 Å². The highest BCUT2D eigenvalue weighted by molar-refractivity contribution is 5.87. The van der Waals surface area contributed by atoms with Gasteiger partial charge in [0.15, 0.2) is 0 Å². The third-order valence-corrected chi connectivity index (χ3v) is 4.03. The van der Waals surface area contributed by atoms with Crippen LogP contribution in [0, 0.1) is 5.53 Å². The van der Waals surface area contributed by atoms with Gasteiger partial charge in [-0.15, -0.1) is 0 Å². The number of amides is 2. The molecule has 1 aromatic rings. The van der Waals surface area contributed by atoms with Crippen LogP contribution in [0.15, 0.2) is 35.4 Å². The summed E-state index contributed by atoms with van der Waals surface area (Å²) < 4.78 is 0. The van der Waals surface area contributed by atoms with Gasteiger partial charge in [-0.3, -0.25) is 19.2 Å². The summed E-state index contributed by atoms with van der Waals surface area (Å²) in [4.78, 5) is 54.9. The number of hydroxylamine groups is 2. The van der Waals surface area contributed by atoms with Crippen LogP contribution in [0.1, 0.15) is 37.7 Å². The van der Waals surface area contributed by atoms with Crippen molar-refractivity contribution in [3.63, 3.8) is 0 Å². The quantitative estimate of drug-likeness (QED) is 0.147. The molecule has 0 aliphatic rings. The van der Waals surface area contributed by atoms with Gasteiger partial charge in [0.2, 0.25) is 16.7 Å². The molecular weight excluding hydrogens is 410 g/mol. The molecule has 2 amide bonds. The summed E-state index contributed by atoms with van der Waals surface area (Å²) in [7, 11) is 0. The first-order valence-electron chi connectivity index (χ1n) is 9.56. The van der Waals surface area contributed by atoms with Gasteiger partial charge in [-0.2, -0.15) is 0 Å². The molecule has 0 aliphatic carbocycles. The zero-order valence-corrected chi connectivity index (χ0v) is 16.9. The molecule has 1 rings (SSSR count). The third kappa shape index (κ3) is 11.2. The van der Waals surface area contributed by atoms with Crippen LogP contribution in [-0.2, 0) is 30.6 Å². The Morgan fingerprint density at radius 3 is 2.52 bits per heavy atom. The van der Waals surface area contributed by atoms with E-state index in [1.54, 1.807) is 24.3 Å². The van der Waals surface area contributed by atoms with Crippen LogP contribution in [0.5, 0.6) is 0 Å². The van der Waals surface area contributed by atoms with Gasteiger partial charge in [0.05, 0.1) is 12.0 Å². The number of unbranched alkanes of at least 4 members (excludes halogenated alkanes) is 1. The van der Waals surface area contributed by atoms with Crippen molar-refractivity contribution in [1.82, 2.24) is 15.3 Å². The van der Waals surface area contributed by atoms with E-state index in [1.807, 2.05) is 6.07 Å². The molecule has 12 nitrogen and oxygen atoms in total. The van der Waals surface area contributed by atoms with Crippen LogP contribution >= 0.6 is 0 Å². The van der Waals surface area contributed by atoms with Crippen LogP contribution in [0.25, 0.3) is 0 Å². The lowest BCUT2D eigenvalue weighted by atomic mass is 10.1. The van der Waals surface area contributed by atoms with Crippen molar-refractivity contribution in [2.75, 3.05) is 13.1 Å². The lowest BCUT2D eigenvalue weighted by Crippen LogP contribution is -2.51. The largest absolute Gasteiger partial charge is 0.548 e. The standard InChI is InChI=1S/C19H25N5O7/c20-23-21-11-5-4-8-17(26)24(31-13-14-6-2-1-3-7-14)12-16(25)22-15(19(29)30)9-10-18(27)28/h1-3,6-7,15,20H,4-5,8-13H2,(H2-,22,25,27,28,29,30). The highest BCUT2D eigenvalue weighted by Gasteiger charge is 2.21. The predicted molar refractivity (Wildman–Crippen MR) is 103 cm³/mol. The van der Waals surface area contributed by atoms with Crippen molar-refractivity contribution < 1.29 is 34.2 Å². The monoisotopic (exact) mass is 435 g/mol. The fourth-order valence-corrected chi connectivity index (χ4v) is 2.45. The molecule has 0 radical (unpaired) electrons. The SMILES string of the molecule is N=[N+]=NCCCCC(=O)N(CC(=O)NC(CCC(=O)O)C(=O)[O-])OCc1ccccc1. The number of carboxylic acids is 2. The van der Waals surface area contributed by atoms with E-state index in [1.165, 1.54) is 0 Å². The number of hydrogen-bond acceptors (Lipinski definition) is 8. The van der Waals surface area contributed by atoms with Crippen molar-refractivity contribution >= 4 is 23.8 Å². The molecule has 0 saturated heterocycles. The molecule has 12 heteroatoms. The number of nitrogens with one attached hydrogen (secondary N) is 2. The average molecular weight is 435 g/mol. The van der Waals surface area contributed by atoms with E-state index in [9.17, 15) is 24.3 Å². The van der Waals surface area contributed by atoms with Gasteiger partial charge in [-0.05, 0) is 24.8 Å². The molecule has 1 aromatic carbocycles. The number of carbonyl (C=O) groups excluding carboxylic acids is 3. The van der Waals surface area contributed by atoms with Gasteiger partial charge >= 0.3 is 5.97 Å². The zero-order chi connectivity index (χ0) is 23.1. The molecule has 168 valence electrons. The number of carboxylic acid groups (broad SMARTS) is 2. The summed E-state index contributed by atoms with van der Waals surface area (Å²) in [6.45, 7) is -0.274. The van der Waals surface area contributed by atoms with Crippen molar-refractivity contribution in [2.24, 2.45) is 5.11 Å². The van der Waals surface area contributed by atoms with Crippen molar-refractivity contribution in [2.45, 2.75) is 44.8 Å². The highest BCUT2D eigenvalue weighted by Crippen LogP contribution is 2.07. The topological polar surface area (TPSA) is 186 Å². The molecular formula is C19H25N5O7. The van der Waals surface area contributed by atoms with Crippen LogP contribution in [-0.4, -0.2) is 53.1 Å². The summed E-state index contributed by atoms with van der Waals surface area (Å²) in [6.07, 6.45) is 0.146. The maximum atomic E-state index is 12.5. The van der Waals surface area contributed by atoms with Crippen LogP contribution < -0.4 is 15.3 Å². The maximum Gasteiger partial charge on any atom is 0.303 e. The molecule has 1 unspecified atom stereocenters. The van der Waals surface area contributed by atoms with Gasteiger partial charge in [0, 0.05) is 12.8 Å². The van der Waals surface area contributed by atoms with Crippen LogP contribution in [0.3, 0.4) is 0 Å². The Kier molecular flexibility index (Phi) is 11.8. The Morgan fingerprint density at radius 2 is 1.90 bits per heavy atom. The van der Waals surface area contributed by atoms with Gasteiger partial charge in [0.25, 0.3) is 0 Å². The Balaban J connectivity index is 2.72. The second-order valence-corrected chi connectivity index (χ2v) is 6.48. The minimum absolute atomic E-state index is 0.00977. The first kappa shape index (κ1) is 25.4. The molecule has 31 heavy (non-hydrogen) atoms. The van der Waals surface area contributed by atoms with E-state index in [2.05, 4.69) is 15.3 Å². The first-order chi connectivity index (χ1) is 14.8. The van der Waals surface area contributed by atoms with Gasteiger partial charge in [-0.25, -0.2) is 5.06 Å². The molecule has 0 bridgehead atoms. The van der Waals surface area contributed by atoms with Crippen molar-refractivity contribution in [3.8, 4) is 0 Å². The summed E-state index contributed by atoms with van der Waals surface area (Å²) >= 11 is 0. The Labute approximate surface area is 178 Å². The fraction of sp³-hybridized carbons (Fsp3) is 0.474. The number of carbonyl (C=O) groups is 4. The Morgan fingerprint density at radius 1 is 1.19 bits per heavy atom. The minimum Gasteiger partial charge on any atom is -0.548 e. The third-order valence-electron chi connectivity index (χ3n) is 4.03. The number of benzene rings is 1. The molecule has 0 aliphatic heterocycles. The van der Waals surface area contributed by atoms with E-state index in [-0.39, 0.29) is 19.4 Å². The summed E-state index contributed by atoms with van der Waals surface area (Å²) in [5, 5.41) is 26.3. The molecule has 3 N–H and O–H groups in total. The van der Waals surface area contributed by atoms with Gasteiger partial charge in [-0.1, -0.05) is 30.3 Å². The lowest BCUT2D eigenvalue weighted by molar-refractivity contribution is -0.308. The summed E-state index contributed by atoms with van der Waals surface area (Å²) in [5.41, 5.74) is 7.34. The summed E-state index contributed by atoms with van der Waals surface area (Å²) in [6, 6.07) is 7.41. The normalized spacial score (nSPS) is 11.1. The summed E-state index contributed by atoms with van der Waals surface area (Å²) in [5.74, 6) is -4.16. The molecule has 1 atom stereocenters. The zero-order valence-electron chi connectivity index (χ0n) is 16.9. The number of aliphatic carboxylic acids is 2. The predicted octanol–water partition coefficient (Wildman–Crippen LogP) is -0.233. The minimum atomic E-state index is -1.62. The van der Waals surface area contributed by atoms with E-state index in [4.69, 9.17) is 15.5 Å². The van der Waals surface area contributed by atoms with Crippen molar-refractivity contribution in [3.05, 3.63) is 35.9 Å². The van der Waals surface area contributed by atoms with E-state index in [0.29, 0.717) is 19.4 Å². The molecule has 0 saturated carbocycles. The second kappa shape index (κ2) is 14.4. The highest BCUT2D eigenvalue weighted by atomic mass is 16.7. The molecule has 0 fully saturated rings. The van der Waals surface area contributed by atoms with Crippen LogP contribution in [0.4, 0.5) is 0 Å². The van der Waals surface area contributed by atoms with Crippen molar-refractivity contribution in [1.29, 1.82) is 5.53 Å². The lowest BCUT2D eigenvalue weighted by Gasteiger charge is -2.24. The fourth-order valence-electron chi connectivity index (χ4n) is 2.45. The maximum absolute atomic E-state index is 12.5. The molecule has 0 aromatic heterocycles. The molecule has 0 heterocycles. The van der Waals surface area contributed by atoms with E-state index < -0.39 is 42.8 Å². The Hall–Kier alpha value is -3.63. The van der Waals surface area contributed by atoms with E-state index >= 15 is 0 Å². The number of nitrogens with zero attached hydrogens (tertiary/aromatic N) is 3. The van der Waals surface area contributed by atoms with Gasteiger partial charge < -0.3 is 20.3 Å². The van der Waals surface area contributed by atoms with Gasteiger partial charge in [0.1, 0.15) is 30.3 Å². The first-order valence-corrected chi connectivity index (χ1v) is 9.56. The Bertz CT molecular complexity index is 796. The second-order valence-electron chi connectivity index (χ2n) is 6.48. The average Bonchev–Trinajstić information content (AvgIpc) is 2.74. The number of rotatable bonds is 15. The smallest absolute Gasteiger partial charge is 0.303 e.